The van der Waals surface area contributed by atoms with E-state index in [1.807, 2.05) is 0 Å². The Balaban J connectivity index is 2.19. The monoisotopic (exact) mass is 288 g/mol. The first-order valence-electron chi connectivity index (χ1n) is 5.58. The average Bonchev–Trinajstić information content (AvgIpc) is 2.37. The van der Waals surface area contributed by atoms with Crippen molar-refractivity contribution < 1.29 is 22.0 Å². The van der Waals surface area contributed by atoms with Crippen molar-refractivity contribution in [3.63, 3.8) is 0 Å². The lowest BCUT2D eigenvalue weighted by Crippen LogP contribution is -2.12. The van der Waals surface area contributed by atoms with E-state index >= 15 is 0 Å². The van der Waals surface area contributed by atoms with Crippen molar-refractivity contribution in [2.75, 3.05) is 5.32 Å². The minimum absolute atomic E-state index is 0.0504. The van der Waals surface area contributed by atoms with Gasteiger partial charge in [0.2, 0.25) is 0 Å². The van der Waals surface area contributed by atoms with Gasteiger partial charge in [-0.1, -0.05) is 18.2 Å². The second kappa shape index (κ2) is 5.44. The van der Waals surface area contributed by atoms with Gasteiger partial charge >= 0.3 is 6.18 Å². The lowest BCUT2D eigenvalue weighted by molar-refractivity contribution is -0.138. The van der Waals surface area contributed by atoms with E-state index in [-0.39, 0.29) is 17.9 Å². The van der Waals surface area contributed by atoms with E-state index in [2.05, 4.69) is 10.3 Å². The number of rotatable bonds is 3. The van der Waals surface area contributed by atoms with E-state index in [4.69, 9.17) is 0 Å². The number of anilines is 1. The molecule has 7 heteroatoms. The fourth-order valence-corrected chi connectivity index (χ4v) is 1.67. The number of nitrogens with zero attached hydrogens (tertiary/aromatic N) is 1. The Hall–Kier alpha value is -2.18. The van der Waals surface area contributed by atoms with Crippen molar-refractivity contribution in [2.45, 2.75) is 12.7 Å². The molecule has 0 aliphatic heterocycles. The van der Waals surface area contributed by atoms with Crippen LogP contribution in [0.25, 0.3) is 0 Å². The van der Waals surface area contributed by atoms with Crippen LogP contribution in [0.4, 0.5) is 27.8 Å². The van der Waals surface area contributed by atoms with E-state index in [1.54, 1.807) is 0 Å². The van der Waals surface area contributed by atoms with Gasteiger partial charge in [-0.15, -0.1) is 0 Å². The molecule has 1 heterocycles. The fourth-order valence-electron chi connectivity index (χ4n) is 1.67. The van der Waals surface area contributed by atoms with Gasteiger partial charge in [0.05, 0.1) is 11.8 Å². The van der Waals surface area contributed by atoms with E-state index in [1.165, 1.54) is 18.2 Å². The Morgan fingerprint density at radius 3 is 2.45 bits per heavy atom. The molecule has 2 nitrogen and oxygen atoms in total. The van der Waals surface area contributed by atoms with Crippen LogP contribution in [0.5, 0.6) is 0 Å². The standard InChI is InChI=1S/C13H9F5N2/c14-9-5-11(15)12(20-7-9)19-6-8-3-1-2-4-10(8)13(16,17)18/h1-5,7H,6H2,(H,19,20). The smallest absolute Gasteiger partial charge is 0.364 e. The molecule has 1 aromatic heterocycles. The number of alkyl halides is 3. The molecular weight excluding hydrogens is 279 g/mol. The van der Waals surface area contributed by atoms with E-state index in [0.717, 1.165) is 12.3 Å². The first kappa shape index (κ1) is 14.2. The van der Waals surface area contributed by atoms with Gasteiger partial charge in [-0.25, -0.2) is 13.8 Å². The molecule has 0 amide bonds. The van der Waals surface area contributed by atoms with Gasteiger partial charge in [0.1, 0.15) is 5.82 Å². The number of hydrogen-bond donors (Lipinski definition) is 1. The van der Waals surface area contributed by atoms with Crippen LogP contribution >= 0.6 is 0 Å². The summed E-state index contributed by atoms with van der Waals surface area (Å²) in [5, 5.41) is 2.42. The van der Waals surface area contributed by atoms with Gasteiger partial charge in [-0.05, 0) is 11.6 Å². The maximum atomic E-state index is 13.3. The molecule has 0 bridgehead atoms. The minimum atomic E-state index is -4.49. The third-order valence-electron chi connectivity index (χ3n) is 2.58. The van der Waals surface area contributed by atoms with Gasteiger partial charge < -0.3 is 5.32 Å². The molecule has 0 atom stereocenters. The molecule has 1 N–H and O–H groups in total. The van der Waals surface area contributed by atoms with Crippen LogP contribution in [0.15, 0.2) is 36.5 Å². The third kappa shape index (κ3) is 3.23. The van der Waals surface area contributed by atoms with E-state index in [9.17, 15) is 22.0 Å². The Morgan fingerprint density at radius 2 is 1.80 bits per heavy atom. The summed E-state index contributed by atoms with van der Waals surface area (Å²) in [5.74, 6) is -2.12. The Kier molecular flexibility index (Phi) is 3.87. The highest BCUT2D eigenvalue weighted by atomic mass is 19.4. The quantitative estimate of drug-likeness (QED) is 0.864. The molecule has 20 heavy (non-hydrogen) atoms. The molecule has 0 aliphatic carbocycles. The Bertz CT molecular complexity index is 610. The highest BCUT2D eigenvalue weighted by Gasteiger charge is 2.32. The fraction of sp³-hybridized carbons (Fsp3) is 0.154. The normalized spacial score (nSPS) is 11.4. The molecule has 0 spiro atoms. The van der Waals surface area contributed by atoms with Crippen LogP contribution in [0.1, 0.15) is 11.1 Å². The molecule has 0 radical (unpaired) electrons. The van der Waals surface area contributed by atoms with E-state index < -0.39 is 23.4 Å². The number of nitrogens with one attached hydrogen (secondary N) is 1. The summed E-state index contributed by atoms with van der Waals surface area (Å²) in [4.78, 5) is 3.44. The SMILES string of the molecule is Fc1cnc(NCc2ccccc2C(F)(F)F)c(F)c1. The van der Waals surface area contributed by atoms with Crippen molar-refractivity contribution >= 4 is 5.82 Å². The van der Waals surface area contributed by atoms with Gasteiger partial charge in [-0.3, -0.25) is 0 Å². The van der Waals surface area contributed by atoms with Crippen molar-refractivity contribution in [2.24, 2.45) is 0 Å². The molecule has 0 aliphatic rings. The summed E-state index contributed by atoms with van der Waals surface area (Å²) < 4.78 is 64.2. The van der Waals surface area contributed by atoms with Gasteiger partial charge in [0, 0.05) is 12.6 Å². The number of benzene rings is 1. The van der Waals surface area contributed by atoms with Crippen molar-refractivity contribution in [3.05, 3.63) is 59.3 Å². The van der Waals surface area contributed by atoms with Crippen molar-refractivity contribution in [1.29, 1.82) is 0 Å². The summed E-state index contributed by atoms with van der Waals surface area (Å²) in [6, 6.07) is 5.53. The van der Waals surface area contributed by atoms with Crippen LogP contribution in [0.2, 0.25) is 0 Å². The lowest BCUT2D eigenvalue weighted by Gasteiger charge is -2.13. The topological polar surface area (TPSA) is 24.9 Å². The number of aromatic nitrogens is 1. The second-order valence-corrected chi connectivity index (χ2v) is 3.99. The lowest BCUT2D eigenvalue weighted by atomic mass is 10.1. The molecule has 0 saturated carbocycles. The van der Waals surface area contributed by atoms with Gasteiger partial charge in [-0.2, -0.15) is 13.2 Å². The molecule has 2 aromatic rings. The summed E-state index contributed by atoms with van der Waals surface area (Å²) in [7, 11) is 0. The maximum absolute atomic E-state index is 13.3. The zero-order chi connectivity index (χ0) is 14.8. The Labute approximate surface area is 111 Å². The summed E-state index contributed by atoms with van der Waals surface area (Å²) in [6.45, 7) is -0.273. The average molecular weight is 288 g/mol. The number of hydrogen-bond acceptors (Lipinski definition) is 2. The van der Waals surface area contributed by atoms with Gasteiger partial charge in [0.15, 0.2) is 11.6 Å². The molecule has 2 rings (SSSR count). The highest BCUT2D eigenvalue weighted by Crippen LogP contribution is 2.32. The van der Waals surface area contributed by atoms with Crippen LogP contribution < -0.4 is 5.32 Å². The molecule has 1 aromatic carbocycles. The van der Waals surface area contributed by atoms with Crippen LogP contribution in [-0.4, -0.2) is 4.98 Å². The molecule has 0 fully saturated rings. The predicted octanol–water partition coefficient (Wildman–Crippen LogP) is 3.99. The number of halogens is 5. The van der Waals surface area contributed by atoms with Crippen molar-refractivity contribution in [1.82, 2.24) is 4.98 Å². The predicted molar refractivity (Wildman–Crippen MR) is 62.9 cm³/mol. The highest BCUT2D eigenvalue weighted by molar-refractivity contribution is 5.39. The molecule has 0 saturated heterocycles. The van der Waals surface area contributed by atoms with Crippen LogP contribution in [0.3, 0.4) is 0 Å². The minimum Gasteiger partial charge on any atom is -0.364 e. The summed E-state index contributed by atoms with van der Waals surface area (Å²) in [6.07, 6.45) is -3.71. The molecule has 106 valence electrons. The second-order valence-electron chi connectivity index (χ2n) is 3.99. The summed E-state index contributed by atoms with van der Waals surface area (Å²) >= 11 is 0. The largest absolute Gasteiger partial charge is 0.416 e. The third-order valence-corrected chi connectivity index (χ3v) is 2.58. The molecular formula is C13H9F5N2. The van der Waals surface area contributed by atoms with Gasteiger partial charge in [0.25, 0.3) is 0 Å². The zero-order valence-electron chi connectivity index (χ0n) is 10.0. The Morgan fingerprint density at radius 1 is 1.10 bits per heavy atom. The number of pyridine rings is 1. The maximum Gasteiger partial charge on any atom is 0.416 e. The van der Waals surface area contributed by atoms with Crippen molar-refractivity contribution in [3.8, 4) is 0 Å². The first-order chi connectivity index (χ1) is 9.38. The van der Waals surface area contributed by atoms with Crippen LogP contribution in [-0.2, 0) is 12.7 Å². The molecule has 0 unspecified atom stereocenters. The van der Waals surface area contributed by atoms with E-state index in [0.29, 0.717) is 6.07 Å². The summed E-state index contributed by atoms with van der Waals surface area (Å²) in [5.41, 5.74) is -0.861. The van der Waals surface area contributed by atoms with Crippen LogP contribution in [0, 0.1) is 11.6 Å². The zero-order valence-corrected chi connectivity index (χ0v) is 10.0. The first-order valence-corrected chi connectivity index (χ1v) is 5.58.